The molecule has 2 saturated heterocycles. The first kappa shape index (κ1) is 16.7. The van der Waals surface area contributed by atoms with Crippen molar-refractivity contribution in [2.75, 3.05) is 46.0 Å². The highest BCUT2D eigenvalue weighted by atomic mass is 32.2. The zero-order valence-electron chi connectivity index (χ0n) is 13.0. The molecule has 1 aromatic rings. The standard InChI is InChI=1S/C14H22N4O4S/c19-23(20,17-5-8-21-9-6-17)18-7-10-22-14(11-18)2-1-13-3-4-15-12-16-13/h3-4,12,14H,1-2,5-11H2/t14-/m0/s1. The van der Waals surface area contributed by atoms with E-state index in [4.69, 9.17) is 9.47 Å². The molecule has 1 aromatic heterocycles. The molecule has 1 atom stereocenters. The molecule has 0 spiro atoms. The van der Waals surface area contributed by atoms with Gasteiger partial charge < -0.3 is 9.47 Å². The second-order valence-corrected chi connectivity index (χ2v) is 7.54. The molecule has 3 rings (SSSR count). The lowest BCUT2D eigenvalue weighted by molar-refractivity contribution is -0.00878. The summed E-state index contributed by atoms with van der Waals surface area (Å²) in [6, 6.07) is 1.87. The number of nitrogens with zero attached hydrogens (tertiary/aromatic N) is 4. The maximum Gasteiger partial charge on any atom is 0.282 e. The fraction of sp³-hybridized carbons (Fsp3) is 0.714. The van der Waals surface area contributed by atoms with Crippen LogP contribution in [0.5, 0.6) is 0 Å². The lowest BCUT2D eigenvalue weighted by atomic mass is 10.1. The fourth-order valence-corrected chi connectivity index (χ4v) is 4.39. The monoisotopic (exact) mass is 342 g/mol. The topological polar surface area (TPSA) is 84.9 Å². The molecule has 8 nitrogen and oxygen atoms in total. The van der Waals surface area contributed by atoms with Crippen molar-refractivity contribution in [2.24, 2.45) is 0 Å². The molecule has 0 aromatic carbocycles. The largest absolute Gasteiger partial charge is 0.379 e. The van der Waals surface area contributed by atoms with E-state index in [0.29, 0.717) is 46.0 Å². The Bertz CT molecular complexity index is 592. The van der Waals surface area contributed by atoms with E-state index in [1.54, 1.807) is 6.20 Å². The summed E-state index contributed by atoms with van der Waals surface area (Å²) in [4.78, 5) is 8.07. The summed E-state index contributed by atoms with van der Waals surface area (Å²) in [6.45, 7) is 2.99. The van der Waals surface area contributed by atoms with Crippen molar-refractivity contribution in [2.45, 2.75) is 18.9 Å². The van der Waals surface area contributed by atoms with E-state index < -0.39 is 10.2 Å². The van der Waals surface area contributed by atoms with Gasteiger partial charge in [0.05, 0.1) is 25.9 Å². The van der Waals surface area contributed by atoms with E-state index in [1.807, 2.05) is 6.07 Å². The Hall–Kier alpha value is -1.13. The Morgan fingerprint density at radius 1 is 1.17 bits per heavy atom. The smallest absolute Gasteiger partial charge is 0.282 e. The zero-order chi connectivity index (χ0) is 16.1. The minimum atomic E-state index is -3.42. The Labute approximate surface area is 136 Å². The molecule has 2 aliphatic heterocycles. The minimum Gasteiger partial charge on any atom is -0.379 e. The average molecular weight is 342 g/mol. The van der Waals surface area contributed by atoms with E-state index in [0.717, 1.165) is 18.5 Å². The molecule has 0 aliphatic carbocycles. The van der Waals surface area contributed by atoms with Gasteiger partial charge in [-0.3, -0.25) is 0 Å². The lowest BCUT2D eigenvalue weighted by Crippen LogP contribution is -2.53. The molecule has 0 unspecified atom stereocenters. The molecular weight excluding hydrogens is 320 g/mol. The third-order valence-corrected chi connectivity index (χ3v) is 6.09. The highest BCUT2D eigenvalue weighted by Gasteiger charge is 2.34. The van der Waals surface area contributed by atoms with E-state index in [-0.39, 0.29) is 6.10 Å². The summed E-state index contributed by atoms with van der Waals surface area (Å²) in [6.07, 6.45) is 4.62. The van der Waals surface area contributed by atoms with Gasteiger partial charge in [0, 0.05) is 38.1 Å². The summed E-state index contributed by atoms with van der Waals surface area (Å²) in [5, 5.41) is 0. The molecule has 3 heterocycles. The molecule has 128 valence electrons. The van der Waals surface area contributed by atoms with Gasteiger partial charge in [-0.15, -0.1) is 0 Å². The number of morpholine rings is 2. The van der Waals surface area contributed by atoms with Crippen LogP contribution in [0, 0.1) is 0 Å². The lowest BCUT2D eigenvalue weighted by Gasteiger charge is -2.36. The van der Waals surface area contributed by atoms with Gasteiger partial charge in [0.25, 0.3) is 10.2 Å². The molecular formula is C14H22N4O4S. The van der Waals surface area contributed by atoms with Crippen molar-refractivity contribution in [1.29, 1.82) is 0 Å². The van der Waals surface area contributed by atoms with Crippen LogP contribution in [0.25, 0.3) is 0 Å². The van der Waals surface area contributed by atoms with Crippen molar-refractivity contribution >= 4 is 10.2 Å². The molecule has 9 heteroatoms. The highest BCUT2D eigenvalue weighted by molar-refractivity contribution is 7.86. The number of hydrogen-bond acceptors (Lipinski definition) is 6. The number of ether oxygens (including phenoxy) is 2. The number of rotatable bonds is 5. The SMILES string of the molecule is O=S(=O)(N1CCOCC1)N1CCO[C@@H](CCc2ccncn2)C1. The number of hydrogen-bond donors (Lipinski definition) is 0. The van der Waals surface area contributed by atoms with Crippen LogP contribution in [0.3, 0.4) is 0 Å². The summed E-state index contributed by atoms with van der Waals surface area (Å²) in [5.41, 5.74) is 0.941. The maximum absolute atomic E-state index is 12.7. The zero-order valence-corrected chi connectivity index (χ0v) is 13.8. The van der Waals surface area contributed by atoms with Crippen molar-refractivity contribution in [3.05, 3.63) is 24.3 Å². The molecule has 0 radical (unpaired) electrons. The van der Waals surface area contributed by atoms with Crippen LogP contribution >= 0.6 is 0 Å². The molecule has 23 heavy (non-hydrogen) atoms. The predicted octanol–water partition coefficient (Wildman–Crippen LogP) is -0.313. The predicted molar refractivity (Wildman–Crippen MR) is 83.0 cm³/mol. The van der Waals surface area contributed by atoms with Gasteiger partial charge in [0.1, 0.15) is 6.33 Å². The summed E-state index contributed by atoms with van der Waals surface area (Å²) in [7, 11) is -3.42. The van der Waals surface area contributed by atoms with Gasteiger partial charge in [-0.2, -0.15) is 17.0 Å². The van der Waals surface area contributed by atoms with Crippen LogP contribution in [0.4, 0.5) is 0 Å². The molecule has 2 fully saturated rings. The summed E-state index contributed by atoms with van der Waals surface area (Å²) >= 11 is 0. The quantitative estimate of drug-likeness (QED) is 0.730. The normalized spacial score (nSPS) is 24.6. The highest BCUT2D eigenvalue weighted by Crippen LogP contribution is 2.18. The van der Waals surface area contributed by atoms with Crippen molar-refractivity contribution in [3.63, 3.8) is 0 Å². The van der Waals surface area contributed by atoms with Crippen LogP contribution in [0.15, 0.2) is 18.6 Å². The van der Waals surface area contributed by atoms with Crippen LogP contribution in [0.1, 0.15) is 12.1 Å². The molecule has 2 aliphatic rings. The third kappa shape index (κ3) is 4.24. The molecule has 0 N–H and O–H groups in total. The van der Waals surface area contributed by atoms with Gasteiger partial charge in [0.15, 0.2) is 0 Å². The third-order valence-electron chi connectivity index (χ3n) is 4.09. The Kier molecular flexibility index (Phi) is 5.54. The van der Waals surface area contributed by atoms with E-state index >= 15 is 0 Å². The van der Waals surface area contributed by atoms with E-state index in [9.17, 15) is 8.42 Å². The van der Waals surface area contributed by atoms with Crippen LogP contribution in [-0.2, 0) is 26.1 Å². The molecule has 0 amide bonds. The van der Waals surface area contributed by atoms with Gasteiger partial charge in [-0.25, -0.2) is 9.97 Å². The van der Waals surface area contributed by atoms with E-state index in [2.05, 4.69) is 9.97 Å². The Balaban J connectivity index is 1.57. The van der Waals surface area contributed by atoms with Crippen LogP contribution < -0.4 is 0 Å². The number of aryl methyl sites for hydroxylation is 1. The first-order valence-electron chi connectivity index (χ1n) is 7.86. The van der Waals surface area contributed by atoms with Gasteiger partial charge in [-0.05, 0) is 18.9 Å². The van der Waals surface area contributed by atoms with Crippen molar-refractivity contribution in [3.8, 4) is 0 Å². The Morgan fingerprint density at radius 3 is 2.70 bits per heavy atom. The molecule has 0 saturated carbocycles. The second kappa shape index (κ2) is 7.63. The van der Waals surface area contributed by atoms with E-state index in [1.165, 1.54) is 14.9 Å². The summed E-state index contributed by atoms with van der Waals surface area (Å²) in [5.74, 6) is 0. The molecule has 0 bridgehead atoms. The van der Waals surface area contributed by atoms with Crippen molar-refractivity contribution < 1.29 is 17.9 Å². The van der Waals surface area contributed by atoms with Crippen LogP contribution in [-0.4, -0.2) is 79.1 Å². The minimum absolute atomic E-state index is 0.102. The maximum atomic E-state index is 12.7. The first-order valence-corrected chi connectivity index (χ1v) is 9.25. The Morgan fingerprint density at radius 2 is 1.96 bits per heavy atom. The summed E-state index contributed by atoms with van der Waals surface area (Å²) < 4.78 is 39.3. The number of aromatic nitrogens is 2. The van der Waals surface area contributed by atoms with Crippen molar-refractivity contribution in [1.82, 2.24) is 18.6 Å². The van der Waals surface area contributed by atoms with Gasteiger partial charge in [-0.1, -0.05) is 0 Å². The second-order valence-electron chi connectivity index (χ2n) is 5.61. The van der Waals surface area contributed by atoms with Gasteiger partial charge in [0.2, 0.25) is 0 Å². The van der Waals surface area contributed by atoms with Gasteiger partial charge >= 0.3 is 0 Å². The average Bonchev–Trinajstić information content (AvgIpc) is 2.62. The fourth-order valence-electron chi connectivity index (χ4n) is 2.79. The van der Waals surface area contributed by atoms with Crippen LogP contribution in [0.2, 0.25) is 0 Å². The first-order chi connectivity index (χ1) is 11.2.